The largest absolute Gasteiger partial charge is 0.326 e. The van der Waals surface area contributed by atoms with Gasteiger partial charge in [-0.2, -0.15) is 5.10 Å². The number of aromatic nitrogens is 2. The number of ketones is 1. The molecule has 2 aromatic rings. The Morgan fingerprint density at radius 2 is 2.06 bits per heavy atom. The minimum absolute atomic E-state index is 0.0547. The highest BCUT2D eigenvalue weighted by Gasteiger charge is 2.16. The lowest BCUT2D eigenvalue weighted by Crippen LogP contribution is -2.12. The lowest BCUT2D eigenvalue weighted by molar-refractivity contribution is 0.0984. The standard InChI is InChI=1S/C13H14ClN3O/c1-17-13(11(14)8-16-17)12(18)6-9-4-2-3-5-10(9)7-15/h2-5,8H,6-7,15H2,1H3. The number of nitrogens with two attached hydrogens (primary N) is 1. The van der Waals surface area contributed by atoms with Crippen molar-refractivity contribution in [2.45, 2.75) is 13.0 Å². The van der Waals surface area contributed by atoms with Gasteiger partial charge in [0.2, 0.25) is 0 Å². The molecule has 1 heterocycles. The SMILES string of the molecule is Cn1ncc(Cl)c1C(=O)Cc1ccccc1CN. The van der Waals surface area contributed by atoms with Crippen LogP contribution in [0.4, 0.5) is 0 Å². The van der Waals surface area contributed by atoms with Gasteiger partial charge in [-0.15, -0.1) is 0 Å². The summed E-state index contributed by atoms with van der Waals surface area (Å²) in [5.41, 5.74) is 7.99. The van der Waals surface area contributed by atoms with Crippen molar-refractivity contribution in [3.05, 3.63) is 52.3 Å². The summed E-state index contributed by atoms with van der Waals surface area (Å²) in [6.45, 7) is 0.419. The second-order valence-corrected chi connectivity index (χ2v) is 4.44. The summed E-state index contributed by atoms with van der Waals surface area (Å²) >= 11 is 5.95. The molecule has 0 unspecified atom stereocenters. The molecule has 0 atom stereocenters. The van der Waals surface area contributed by atoms with Crippen molar-refractivity contribution >= 4 is 17.4 Å². The van der Waals surface area contributed by atoms with Gasteiger partial charge in [-0.3, -0.25) is 9.48 Å². The zero-order chi connectivity index (χ0) is 13.1. The quantitative estimate of drug-likeness (QED) is 0.858. The average Bonchev–Trinajstić information content (AvgIpc) is 2.69. The van der Waals surface area contributed by atoms with Gasteiger partial charge in [-0.05, 0) is 11.1 Å². The van der Waals surface area contributed by atoms with Crippen LogP contribution in [0.15, 0.2) is 30.5 Å². The molecule has 0 radical (unpaired) electrons. The number of carbonyl (C=O) groups is 1. The van der Waals surface area contributed by atoms with Gasteiger partial charge < -0.3 is 5.73 Å². The van der Waals surface area contributed by atoms with E-state index in [1.165, 1.54) is 10.9 Å². The van der Waals surface area contributed by atoms with E-state index >= 15 is 0 Å². The van der Waals surface area contributed by atoms with Crippen molar-refractivity contribution in [3.63, 3.8) is 0 Å². The summed E-state index contributed by atoms with van der Waals surface area (Å²) in [4.78, 5) is 12.2. The summed E-state index contributed by atoms with van der Waals surface area (Å²) < 4.78 is 1.50. The van der Waals surface area contributed by atoms with Crippen molar-refractivity contribution in [2.75, 3.05) is 0 Å². The third-order valence-corrected chi connectivity index (χ3v) is 3.12. The minimum Gasteiger partial charge on any atom is -0.326 e. The molecule has 2 rings (SSSR count). The summed E-state index contributed by atoms with van der Waals surface area (Å²) in [6, 6.07) is 7.64. The van der Waals surface area contributed by atoms with Crippen molar-refractivity contribution in [1.82, 2.24) is 9.78 Å². The Hall–Kier alpha value is -1.65. The van der Waals surface area contributed by atoms with Crippen LogP contribution in [-0.2, 0) is 20.0 Å². The molecule has 0 aliphatic rings. The number of hydrogen-bond donors (Lipinski definition) is 1. The zero-order valence-corrected chi connectivity index (χ0v) is 10.8. The van der Waals surface area contributed by atoms with Gasteiger partial charge in [-0.1, -0.05) is 35.9 Å². The minimum atomic E-state index is -0.0547. The molecule has 0 spiro atoms. The van der Waals surface area contributed by atoms with Gasteiger partial charge in [0.15, 0.2) is 5.78 Å². The van der Waals surface area contributed by atoms with Crippen LogP contribution >= 0.6 is 11.6 Å². The second-order valence-electron chi connectivity index (χ2n) is 4.04. The van der Waals surface area contributed by atoms with E-state index in [-0.39, 0.29) is 12.2 Å². The highest BCUT2D eigenvalue weighted by Crippen LogP contribution is 2.18. The summed E-state index contributed by atoms with van der Waals surface area (Å²) in [7, 11) is 1.70. The number of aryl methyl sites for hydroxylation is 1. The van der Waals surface area contributed by atoms with E-state index < -0.39 is 0 Å². The van der Waals surface area contributed by atoms with Gasteiger partial charge in [0, 0.05) is 20.0 Å². The Kier molecular flexibility index (Phi) is 3.79. The molecule has 94 valence electrons. The number of halogens is 1. The summed E-state index contributed by atoms with van der Waals surface area (Å²) in [5, 5.41) is 4.34. The van der Waals surface area contributed by atoms with E-state index in [4.69, 9.17) is 17.3 Å². The number of carbonyl (C=O) groups excluding carboxylic acids is 1. The van der Waals surface area contributed by atoms with Gasteiger partial charge in [-0.25, -0.2) is 0 Å². The lowest BCUT2D eigenvalue weighted by atomic mass is 10.0. The van der Waals surface area contributed by atoms with Crippen molar-refractivity contribution in [1.29, 1.82) is 0 Å². The molecular weight excluding hydrogens is 250 g/mol. The van der Waals surface area contributed by atoms with Crippen LogP contribution in [0.1, 0.15) is 21.6 Å². The molecule has 0 saturated carbocycles. The molecule has 0 amide bonds. The van der Waals surface area contributed by atoms with Gasteiger partial charge >= 0.3 is 0 Å². The number of Topliss-reactive ketones (excluding diaryl/α,β-unsaturated/α-hetero) is 1. The normalized spacial score (nSPS) is 10.6. The van der Waals surface area contributed by atoms with E-state index in [1.807, 2.05) is 24.3 Å². The molecule has 18 heavy (non-hydrogen) atoms. The molecule has 0 aliphatic heterocycles. The van der Waals surface area contributed by atoms with E-state index in [0.29, 0.717) is 17.3 Å². The molecule has 1 aromatic heterocycles. The van der Waals surface area contributed by atoms with Crippen LogP contribution in [0.25, 0.3) is 0 Å². The Bertz CT molecular complexity index is 558. The average molecular weight is 264 g/mol. The lowest BCUT2D eigenvalue weighted by Gasteiger charge is -2.07. The Labute approximate surface area is 110 Å². The van der Waals surface area contributed by atoms with Crippen molar-refractivity contribution in [3.8, 4) is 0 Å². The van der Waals surface area contributed by atoms with Crippen LogP contribution in [0.5, 0.6) is 0 Å². The predicted molar refractivity (Wildman–Crippen MR) is 70.6 cm³/mol. The van der Waals surface area contributed by atoms with Gasteiger partial charge in [0.1, 0.15) is 5.69 Å². The van der Waals surface area contributed by atoms with Crippen molar-refractivity contribution in [2.24, 2.45) is 12.8 Å². The Morgan fingerprint density at radius 1 is 1.39 bits per heavy atom. The zero-order valence-electron chi connectivity index (χ0n) is 10.1. The van der Waals surface area contributed by atoms with E-state index in [2.05, 4.69) is 5.10 Å². The predicted octanol–water partition coefficient (Wildman–Crippen LogP) is 1.96. The highest BCUT2D eigenvalue weighted by molar-refractivity contribution is 6.33. The second kappa shape index (κ2) is 5.33. The third-order valence-electron chi connectivity index (χ3n) is 2.85. The fraction of sp³-hybridized carbons (Fsp3) is 0.231. The topological polar surface area (TPSA) is 60.9 Å². The van der Waals surface area contributed by atoms with Crippen LogP contribution in [0.2, 0.25) is 5.02 Å². The monoisotopic (exact) mass is 263 g/mol. The van der Waals surface area contributed by atoms with E-state index in [1.54, 1.807) is 7.05 Å². The molecule has 0 bridgehead atoms. The summed E-state index contributed by atoms with van der Waals surface area (Å²) in [6.07, 6.45) is 1.76. The first-order valence-electron chi connectivity index (χ1n) is 5.61. The number of nitrogens with zero attached hydrogens (tertiary/aromatic N) is 2. The first-order chi connectivity index (χ1) is 8.63. The molecule has 5 heteroatoms. The number of benzene rings is 1. The van der Waals surface area contributed by atoms with Crippen molar-refractivity contribution < 1.29 is 4.79 Å². The molecule has 2 N–H and O–H groups in total. The maximum absolute atomic E-state index is 12.2. The van der Waals surface area contributed by atoms with Crippen LogP contribution in [0, 0.1) is 0 Å². The van der Waals surface area contributed by atoms with Gasteiger partial charge in [0.05, 0.1) is 11.2 Å². The van der Waals surface area contributed by atoms with E-state index in [0.717, 1.165) is 11.1 Å². The first kappa shape index (κ1) is 12.8. The molecule has 4 nitrogen and oxygen atoms in total. The fourth-order valence-electron chi connectivity index (χ4n) is 1.91. The third kappa shape index (κ3) is 2.44. The van der Waals surface area contributed by atoms with Crippen LogP contribution in [-0.4, -0.2) is 15.6 Å². The Balaban J connectivity index is 2.27. The number of hydrogen-bond acceptors (Lipinski definition) is 3. The smallest absolute Gasteiger partial charge is 0.186 e. The molecule has 0 saturated heterocycles. The van der Waals surface area contributed by atoms with Gasteiger partial charge in [0.25, 0.3) is 0 Å². The molecule has 0 fully saturated rings. The van der Waals surface area contributed by atoms with Crippen LogP contribution in [0.3, 0.4) is 0 Å². The first-order valence-corrected chi connectivity index (χ1v) is 5.99. The molecule has 1 aromatic carbocycles. The summed E-state index contributed by atoms with van der Waals surface area (Å²) in [5.74, 6) is -0.0547. The molecular formula is C13H14ClN3O. The fourth-order valence-corrected chi connectivity index (χ4v) is 2.18. The maximum atomic E-state index is 12.2. The number of rotatable bonds is 4. The van der Waals surface area contributed by atoms with E-state index in [9.17, 15) is 4.79 Å². The highest BCUT2D eigenvalue weighted by atomic mass is 35.5. The Morgan fingerprint density at radius 3 is 2.61 bits per heavy atom. The molecule has 0 aliphatic carbocycles. The maximum Gasteiger partial charge on any atom is 0.186 e. The van der Waals surface area contributed by atoms with Crippen LogP contribution < -0.4 is 5.73 Å².